The number of rotatable bonds is 2. The third-order valence-corrected chi connectivity index (χ3v) is 2.13. The van der Waals surface area contributed by atoms with Gasteiger partial charge >= 0.3 is 0 Å². The van der Waals surface area contributed by atoms with Crippen LogP contribution in [-0.4, -0.2) is 9.78 Å². The van der Waals surface area contributed by atoms with Crippen molar-refractivity contribution in [3.63, 3.8) is 0 Å². The van der Waals surface area contributed by atoms with Gasteiger partial charge in [-0.2, -0.15) is 0 Å². The predicted octanol–water partition coefficient (Wildman–Crippen LogP) is 2.38. The summed E-state index contributed by atoms with van der Waals surface area (Å²) in [6, 6.07) is 3.13. The van der Waals surface area contributed by atoms with Gasteiger partial charge in [-0.15, -0.1) is 0 Å². The molecule has 0 aliphatic heterocycles. The zero-order valence-corrected chi connectivity index (χ0v) is 8.25. The van der Waals surface area contributed by atoms with E-state index in [1.165, 1.54) is 0 Å². The maximum absolute atomic E-state index is 13.3. The molecule has 17 heavy (non-hydrogen) atoms. The normalized spacial score (nSPS) is 11.1. The van der Waals surface area contributed by atoms with E-state index >= 15 is 0 Å². The zero-order valence-electron chi connectivity index (χ0n) is 8.25. The summed E-state index contributed by atoms with van der Waals surface area (Å²) in [5, 5.41) is 2.05. The van der Waals surface area contributed by atoms with Crippen molar-refractivity contribution in [1.29, 1.82) is 0 Å². The van der Waals surface area contributed by atoms with E-state index in [0.717, 1.165) is 12.1 Å². The number of halogens is 4. The second-order valence-corrected chi connectivity index (χ2v) is 3.28. The molecule has 0 spiro atoms. The van der Waals surface area contributed by atoms with Gasteiger partial charge in [0.05, 0.1) is 0 Å². The fourth-order valence-electron chi connectivity index (χ4n) is 1.37. The Morgan fingerprint density at radius 3 is 2.41 bits per heavy atom. The number of hydrogen-bond acceptors (Lipinski definition) is 1. The molecular weight excluding hydrogens is 240 g/mol. The van der Waals surface area contributed by atoms with Gasteiger partial charge in [0.2, 0.25) is 0 Å². The fourth-order valence-corrected chi connectivity index (χ4v) is 1.37. The Hall–Kier alpha value is -2.05. The van der Waals surface area contributed by atoms with Crippen LogP contribution >= 0.6 is 0 Å². The smallest absolute Gasteiger partial charge is 0.279 e. The topological polar surface area (TPSA) is 37.8 Å². The maximum Gasteiger partial charge on any atom is 0.279 e. The van der Waals surface area contributed by atoms with Gasteiger partial charge in [0.25, 0.3) is 12.0 Å². The minimum Gasteiger partial charge on any atom is -0.289 e. The molecule has 0 atom stereocenters. The van der Waals surface area contributed by atoms with Crippen molar-refractivity contribution in [1.82, 2.24) is 9.78 Å². The van der Waals surface area contributed by atoms with Crippen LogP contribution in [-0.2, 0) is 0 Å². The van der Waals surface area contributed by atoms with Crippen LogP contribution in [0, 0.1) is 11.6 Å². The molecule has 1 N–H and O–H groups in total. The molecule has 3 nitrogen and oxygen atoms in total. The van der Waals surface area contributed by atoms with E-state index < -0.39 is 29.3 Å². The summed E-state index contributed by atoms with van der Waals surface area (Å²) in [7, 11) is 0. The van der Waals surface area contributed by atoms with Crippen molar-refractivity contribution in [2.75, 3.05) is 0 Å². The lowest BCUT2D eigenvalue weighted by molar-refractivity contribution is 0.145. The summed E-state index contributed by atoms with van der Waals surface area (Å²) in [5.74, 6) is -1.84. The number of hydrogen-bond donors (Lipinski definition) is 1. The molecule has 0 fully saturated rings. The molecule has 1 aromatic heterocycles. The summed E-state index contributed by atoms with van der Waals surface area (Å²) in [4.78, 5) is 11.3. The Morgan fingerprint density at radius 1 is 1.18 bits per heavy atom. The minimum atomic E-state index is -2.87. The lowest BCUT2D eigenvalue weighted by Crippen LogP contribution is -2.15. The monoisotopic (exact) mass is 246 g/mol. The van der Waals surface area contributed by atoms with E-state index in [1.54, 1.807) is 0 Å². The zero-order chi connectivity index (χ0) is 12.6. The van der Waals surface area contributed by atoms with Gasteiger partial charge < -0.3 is 0 Å². The van der Waals surface area contributed by atoms with Crippen LogP contribution < -0.4 is 5.56 Å². The number of benzene rings is 1. The molecule has 2 aromatic rings. The fraction of sp³-hybridized carbons (Fsp3) is 0.100. The number of aromatic nitrogens is 2. The lowest BCUT2D eigenvalue weighted by Gasteiger charge is -2.03. The van der Waals surface area contributed by atoms with Crippen molar-refractivity contribution in [2.45, 2.75) is 6.43 Å². The molecule has 0 aliphatic rings. The summed E-state index contributed by atoms with van der Waals surface area (Å²) in [6.45, 7) is 0. The Labute approximate surface area is 92.3 Å². The van der Waals surface area contributed by atoms with E-state index in [9.17, 15) is 22.4 Å². The molecule has 0 unspecified atom stereocenters. The van der Waals surface area contributed by atoms with E-state index in [0.29, 0.717) is 16.8 Å². The average molecular weight is 246 g/mol. The summed E-state index contributed by atoms with van der Waals surface area (Å²) in [6.07, 6.45) is -2.87. The first-order chi connectivity index (χ1) is 7.99. The molecule has 0 saturated carbocycles. The molecule has 0 bridgehead atoms. The highest BCUT2D eigenvalue weighted by Gasteiger charge is 2.15. The number of aromatic amines is 1. The van der Waals surface area contributed by atoms with Crippen LogP contribution in [0.4, 0.5) is 17.6 Å². The Bertz CT molecular complexity index is 603. The molecule has 1 heterocycles. The van der Waals surface area contributed by atoms with Gasteiger partial charge in [-0.1, -0.05) is 0 Å². The van der Waals surface area contributed by atoms with Crippen LogP contribution in [0.25, 0.3) is 5.69 Å². The maximum atomic E-state index is 13.3. The van der Waals surface area contributed by atoms with Crippen LogP contribution in [0.3, 0.4) is 0 Å². The van der Waals surface area contributed by atoms with Crippen molar-refractivity contribution in [2.24, 2.45) is 0 Å². The quantitative estimate of drug-likeness (QED) is 0.811. The Balaban J connectivity index is 2.57. The minimum absolute atomic E-state index is 0.316. The van der Waals surface area contributed by atoms with Crippen molar-refractivity contribution >= 4 is 0 Å². The van der Waals surface area contributed by atoms with E-state index in [-0.39, 0.29) is 5.69 Å². The largest absolute Gasteiger partial charge is 0.289 e. The van der Waals surface area contributed by atoms with E-state index in [2.05, 4.69) is 0 Å². The molecule has 2 rings (SSSR count). The van der Waals surface area contributed by atoms with Crippen molar-refractivity contribution in [3.8, 4) is 5.69 Å². The summed E-state index contributed by atoms with van der Waals surface area (Å²) < 4.78 is 51.2. The second-order valence-electron chi connectivity index (χ2n) is 3.28. The highest BCUT2D eigenvalue weighted by atomic mass is 19.3. The Kier molecular flexibility index (Phi) is 2.74. The van der Waals surface area contributed by atoms with Gasteiger partial charge in [0.1, 0.15) is 17.2 Å². The third kappa shape index (κ3) is 2.08. The molecule has 1 aromatic carbocycles. The van der Waals surface area contributed by atoms with Crippen LogP contribution in [0.2, 0.25) is 0 Å². The van der Waals surface area contributed by atoms with E-state index in [4.69, 9.17) is 0 Å². The molecular formula is C10H6F4N2O. The lowest BCUT2D eigenvalue weighted by atomic mass is 10.3. The van der Waals surface area contributed by atoms with Gasteiger partial charge in [0, 0.05) is 12.1 Å². The van der Waals surface area contributed by atoms with Crippen LogP contribution in [0.1, 0.15) is 12.1 Å². The van der Waals surface area contributed by atoms with Crippen LogP contribution in [0.5, 0.6) is 0 Å². The standard InChI is InChI=1S/C10H6F4N2O/c11-5-1-2-8(6(12)3-5)16-9(17)4-7(15-16)10(13)14/h1-4,10,15H. The number of nitrogens with zero attached hydrogens (tertiary/aromatic N) is 1. The highest BCUT2D eigenvalue weighted by molar-refractivity contribution is 5.33. The van der Waals surface area contributed by atoms with Gasteiger partial charge in [-0.25, -0.2) is 22.2 Å². The van der Waals surface area contributed by atoms with Crippen molar-refractivity contribution in [3.05, 3.63) is 51.9 Å². The SMILES string of the molecule is O=c1cc(C(F)F)[nH]n1-c1ccc(F)cc1F. The first-order valence-electron chi connectivity index (χ1n) is 4.54. The molecule has 0 aliphatic carbocycles. The molecule has 0 radical (unpaired) electrons. The molecule has 0 amide bonds. The second kappa shape index (κ2) is 4.08. The summed E-state index contributed by atoms with van der Waals surface area (Å²) in [5.41, 5.74) is -1.78. The average Bonchev–Trinajstić information content (AvgIpc) is 2.61. The van der Waals surface area contributed by atoms with Gasteiger partial charge in [0.15, 0.2) is 5.82 Å². The first kappa shape index (κ1) is 11.4. The van der Waals surface area contributed by atoms with Gasteiger partial charge in [-0.3, -0.25) is 9.89 Å². The predicted molar refractivity (Wildman–Crippen MR) is 51.3 cm³/mol. The van der Waals surface area contributed by atoms with Crippen LogP contribution in [0.15, 0.2) is 29.1 Å². The molecule has 7 heteroatoms. The van der Waals surface area contributed by atoms with Crippen molar-refractivity contribution < 1.29 is 17.6 Å². The third-order valence-electron chi connectivity index (χ3n) is 2.13. The number of nitrogens with one attached hydrogen (secondary N) is 1. The Morgan fingerprint density at radius 2 is 1.88 bits per heavy atom. The first-order valence-corrected chi connectivity index (χ1v) is 4.54. The highest BCUT2D eigenvalue weighted by Crippen LogP contribution is 2.17. The molecule has 0 saturated heterocycles. The van der Waals surface area contributed by atoms with Gasteiger partial charge in [-0.05, 0) is 12.1 Å². The van der Waals surface area contributed by atoms with E-state index in [1.807, 2.05) is 5.10 Å². The molecule has 90 valence electrons. The number of alkyl halides is 2. The summed E-state index contributed by atoms with van der Waals surface area (Å²) >= 11 is 0. The number of H-pyrrole nitrogens is 1.